The van der Waals surface area contributed by atoms with Crippen molar-refractivity contribution in [3.8, 4) is 0 Å². The lowest BCUT2D eigenvalue weighted by Crippen LogP contribution is -2.20. The monoisotopic (exact) mass is 205 g/mol. The highest BCUT2D eigenvalue weighted by molar-refractivity contribution is 7.70. The van der Waals surface area contributed by atoms with Crippen LogP contribution in [0.2, 0.25) is 0 Å². The molecule has 0 amide bonds. The van der Waals surface area contributed by atoms with Crippen LogP contribution in [0.3, 0.4) is 0 Å². The number of hydrogen-bond donors (Lipinski definition) is 5. The quantitative estimate of drug-likeness (QED) is 0.357. The van der Waals surface area contributed by atoms with Gasteiger partial charge in [-0.3, -0.25) is 9.13 Å². The van der Waals surface area contributed by atoms with Crippen LogP contribution in [-0.2, 0) is 9.13 Å². The molecule has 0 aliphatic rings. The molecule has 0 aromatic rings. The van der Waals surface area contributed by atoms with E-state index < -0.39 is 27.1 Å². The molecule has 0 aromatic heterocycles. The molecule has 7 nitrogen and oxygen atoms in total. The fraction of sp³-hybridized carbons (Fsp3) is 1.00. The summed E-state index contributed by atoms with van der Waals surface area (Å²) in [6.07, 6.45) is 0. The fourth-order valence-electron chi connectivity index (χ4n) is 0.471. The van der Waals surface area contributed by atoms with Gasteiger partial charge < -0.3 is 25.3 Å². The molecule has 11 heavy (non-hydrogen) atoms. The molecular formula is C2H9NO6P2. The molecular weight excluding hydrogens is 196 g/mol. The van der Waals surface area contributed by atoms with Crippen molar-refractivity contribution in [1.82, 2.24) is 0 Å². The predicted molar refractivity (Wildman–Crippen MR) is 36.9 cm³/mol. The molecule has 0 saturated carbocycles. The van der Waals surface area contributed by atoms with Crippen LogP contribution >= 0.6 is 15.2 Å². The minimum absolute atomic E-state index is 0.742. The van der Waals surface area contributed by atoms with Crippen molar-refractivity contribution in [1.29, 1.82) is 0 Å². The van der Waals surface area contributed by atoms with Gasteiger partial charge in [-0.25, -0.2) is 0 Å². The van der Waals surface area contributed by atoms with Gasteiger partial charge in [0.2, 0.25) is 0 Å². The van der Waals surface area contributed by atoms with Gasteiger partial charge in [-0.1, -0.05) is 0 Å². The van der Waals surface area contributed by atoms with Crippen molar-refractivity contribution < 1.29 is 28.7 Å². The Labute approximate surface area is 62.5 Å². The summed E-state index contributed by atoms with van der Waals surface area (Å²) >= 11 is 0. The van der Waals surface area contributed by atoms with E-state index in [-0.39, 0.29) is 0 Å². The van der Waals surface area contributed by atoms with Crippen molar-refractivity contribution in [2.45, 2.75) is 5.40 Å². The Morgan fingerprint density at radius 3 is 1.36 bits per heavy atom. The van der Waals surface area contributed by atoms with Crippen molar-refractivity contribution in [3.63, 3.8) is 0 Å². The molecule has 0 unspecified atom stereocenters. The third kappa shape index (κ3) is 3.44. The van der Waals surface area contributed by atoms with Gasteiger partial charge >= 0.3 is 15.2 Å². The van der Waals surface area contributed by atoms with E-state index in [2.05, 4.69) is 0 Å². The van der Waals surface area contributed by atoms with Gasteiger partial charge in [0.05, 0.1) is 0 Å². The van der Waals surface area contributed by atoms with Gasteiger partial charge in [-0.15, -0.1) is 0 Å². The second-order valence-corrected chi connectivity index (χ2v) is 5.90. The molecule has 0 aromatic carbocycles. The molecule has 6 N–H and O–H groups in total. The maximum absolute atomic E-state index is 10.3. The van der Waals surface area contributed by atoms with E-state index in [1.165, 1.54) is 0 Å². The SMILES string of the molecule is NCC(P(=O)(O)O)P(=O)(O)O. The van der Waals surface area contributed by atoms with Crippen LogP contribution in [0, 0.1) is 0 Å². The molecule has 0 spiro atoms. The topological polar surface area (TPSA) is 141 Å². The van der Waals surface area contributed by atoms with Gasteiger partial charge in [0.25, 0.3) is 0 Å². The highest BCUT2D eigenvalue weighted by Gasteiger charge is 2.41. The molecule has 9 heteroatoms. The molecule has 0 saturated heterocycles. The third-order valence-electron chi connectivity index (χ3n) is 0.987. The molecule has 0 aliphatic carbocycles. The molecule has 0 atom stereocenters. The highest BCUT2D eigenvalue weighted by atomic mass is 31.2. The van der Waals surface area contributed by atoms with E-state index >= 15 is 0 Å². The molecule has 0 fully saturated rings. The lowest BCUT2D eigenvalue weighted by Gasteiger charge is -2.16. The Bertz CT molecular complexity index is 193. The first kappa shape index (κ1) is 11.3. The number of hydrogen-bond acceptors (Lipinski definition) is 3. The normalized spacial score (nSPS) is 14.0. The highest BCUT2D eigenvalue weighted by Crippen LogP contribution is 2.59. The predicted octanol–water partition coefficient (Wildman–Crippen LogP) is -1.37. The smallest absolute Gasteiger partial charge is 0.329 e. The zero-order valence-corrected chi connectivity index (χ0v) is 7.15. The molecule has 68 valence electrons. The Hall–Kier alpha value is 0.260. The van der Waals surface area contributed by atoms with Gasteiger partial charge in [-0.2, -0.15) is 0 Å². The zero-order chi connectivity index (χ0) is 9.28. The van der Waals surface area contributed by atoms with Crippen LogP contribution in [0.5, 0.6) is 0 Å². The molecule has 0 rings (SSSR count). The van der Waals surface area contributed by atoms with Gasteiger partial charge in [0, 0.05) is 6.54 Å². The van der Waals surface area contributed by atoms with Gasteiger partial charge in [0.15, 0.2) is 5.40 Å². The minimum Gasteiger partial charge on any atom is -0.329 e. The molecule has 0 heterocycles. The zero-order valence-electron chi connectivity index (χ0n) is 5.36. The average Bonchev–Trinajstić information content (AvgIpc) is 1.56. The number of rotatable bonds is 3. The fourth-order valence-corrected chi connectivity index (χ4v) is 2.59. The van der Waals surface area contributed by atoms with Crippen LogP contribution in [0.25, 0.3) is 0 Å². The van der Waals surface area contributed by atoms with E-state index in [0.717, 1.165) is 0 Å². The Balaban J connectivity index is 4.72. The maximum Gasteiger partial charge on any atom is 0.341 e. The van der Waals surface area contributed by atoms with Crippen molar-refractivity contribution >= 4 is 15.2 Å². The second-order valence-electron chi connectivity index (χ2n) is 1.89. The Morgan fingerprint density at radius 1 is 1.09 bits per heavy atom. The van der Waals surface area contributed by atoms with Crippen LogP contribution in [-0.4, -0.2) is 31.5 Å². The first-order valence-corrected chi connectivity index (χ1v) is 5.86. The first-order valence-electron chi connectivity index (χ1n) is 2.50. The lowest BCUT2D eigenvalue weighted by atomic mass is 10.8. The molecule has 0 bridgehead atoms. The van der Waals surface area contributed by atoms with Crippen LogP contribution in [0.15, 0.2) is 0 Å². The summed E-state index contributed by atoms with van der Waals surface area (Å²) in [7, 11) is -9.57. The second kappa shape index (κ2) is 3.33. The minimum atomic E-state index is -4.79. The first-order chi connectivity index (χ1) is 4.69. The average molecular weight is 205 g/mol. The third-order valence-corrected chi connectivity index (χ3v) is 4.77. The van der Waals surface area contributed by atoms with Gasteiger partial charge in [-0.05, 0) is 0 Å². The summed E-state index contributed by atoms with van der Waals surface area (Å²) in [4.78, 5) is 33.4. The summed E-state index contributed by atoms with van der Waals surface area (Å²) in [5.74, 6) is 0. The number of nitrogens with two attached hydrogens (primary N) is 1. The van der Waals surface area contributed by atoms with Crippen LogP contribution < -0.4 is 5.73 Å². The van der Waals surface area contributed by atoms with E-state index in [4.69, 9.17) is 25.3 Å². The Morgan fingerprint density at radius 2 is 1.36 bits per heavy atom. The van der Waals surface area contributed by atoms with Crippen molar-refractivity contribution in [3.05, 3.63) is 0 Å². The maximum atomic E-state index is 10.3. The van der Waals surface area contributed by atoms with Crippen LogP contribution in [0.4, 0.5) is 0 Å². The summed E-state index contributed by atoms with van der Waals surface area (Å²) in [5.41, 5.74) is 4.76. The summed E-state index contributed by atoms with van der Waals surface area (Å²) in [6.45, 7) is -0.742. The summed E-state index contributed by atoms with van der Waals surface area (Å²) in [6, 6.07) is 0. The summed E-state index contributed by atoms with van der Waals surface area (Å²) in [5, 5.41) is -2.07. The van der Waals surface area contributed by atoms with E-state index in [9.17, 15) is 9.13 Å². The van der Waals surface area contributed by atoms with Crippen molar-refractivity contribution in [2.75, 3.05) is 6.54 Å². The van der Waals surface area contributed by atoms with Crippen molar-refractivity contribution in [2.24, 2.45) is 5.73 Å². The molecule has 0 aliphatic heterocycles. The molecule has 0 radical (unpaired) electrons. The van der Waals surface area contributed by atoms with E-state index in [1.54, 1.807) is 0 Å². The van der Waals surface area contributed by atoms with E-state index in [0.29, 0.717) is 0 Å². The Kier molecular flexibility index (Phi) is 3.41. The lowest BCUT2D eigenvalue weighted by molar-refractivity contribution is 0.339. The standard InChI is InChI=1S/C2H9NO6P2/c3-1-2(10(4,5)6)11(7,8)9/h2H,1,3H2,(H2,4,5,6)(H2,7,8,9). The van der Waals surface area contributed by atoms with E-state index in [1.807, 2.05) is 0 Å². The van der Waals surface area contributed by atoms with Crippen LogP contribution in [0.1, 0.15) is 0 Å². The largest absolute Gasteiger partial charge is 0.341 e. The summed E-state index contributed by atoms with van der Waals surface area (Å²) < 4.78 is 20.7. The van der Waals surface area contributed by atoms with Gasteiger partial charge in [0.1, 0.15) is 0 Å².